The van der Waals surface area contributed by atoms with Crippen molar-refractivity contribution in [2.24, 2.45) is 0 Å². The molecule has 4 nitrogen and oxygen atoms in total. The van der Waals surface area contributed by atoms with Gasteiger partial charge >= 0.3 is 0 Å². The maximum absolute atomic E-state index is 9.33. The molecule has 0 fully saturated rings. The van der Waals surface area contributed by atoms with Crippen molar-refractivity contribution in [3.63, 3.8) is 0 Å². The highest BCUT2D eigenvalue weighted by atomic mass is 16.3. The van der Waals surface area contributed by atoms with Crippen molar-refractivity contribution >= 4 is 0 Å². The van der Waals surface area contributed by atoms with Gasteiger partial charge in [0.1, 0.15) is 11.5 Å². The van der Waals surface area contributed by atoms with E-state index in [2.05, 4.69) is 0 Å². The van der Waals surface area contributed by atoms with Crippen LogP contribution in [0.1, 0.15) is 0 Å². The second-order valence-corrected chi connectivity index (χ2v) is 3.44. The molecule has 0 atom stereocenters. The molecule has 0 amide bonds. The summed E-state index contributed by atoms with van der Waals surface area (Å²) in [5.74, 6) is -0.599. The van der Waals surface area contributed by atoms with Crippen LogP contribution < -0.4 is 0 Å². The Kier molecular flexibility index (Phi) is 2.32. The van der Waals surface area contributed by atoms with Crippen molar-refractivity contribution in [2.75, 3.05) is 0 Å². The summed E-state index contributed by atoms with van der Waals surface area (Å²) >= 11 is 0. The third-order valence-electron chi connectivity index (χ3n) is 2.21. The third kappa shape index (κ3) is 1.86. The average Bonchev–Trinajstić information content (AvgIpc) is 2.20. The van der Waals surface area contributed by atoms with Crippen molar-refractivity contribution in [3.05, 3.63) is 36.4 Å². The van der Waals surface area contributed by atoms with Crippen molar-refractivity contribution in [2.45, 2.75) is 0 Å². The highest BCUT2D eigenvalue weighted by molar-refractivity contribution is 5.69. The van der Waals surface area contributed by atoms with Gasteiger partial charge in [-0.05, 0) is 35.4 Å². The molecule has 16 heavy (non-hydrogen) atoms. The van der Waals surface area contributed by atoms with Crippen LogP contribution in [0.15, 0.2) is 36.4 Å². The second-order valence-electron chi connectivity index (χ2n) is 3.44. The first-order valence-corrected chi connectivity index (χ1v) is 4.61. The number of hydrogen-bond acceptors (Lipinski definition) is 4. The molecule has 2 aromatic carbocycles. The number of hydrogen-bond donors (Lipinski definition) is 4. The third-order valence-corrected chi connectivity index (χ3v) is 2.21. The lowest BCUT2D eigenvalue weighted by Gasteiger charge is -2.05. The molecular weight excluding hydrogens is 208 g/mol. The Morgan fingerprint density at radius 1 is 0.562 bits per heavy atom. The average molecular weight is 218 g/mol. The standard InChI is InChI=1S/C12H10O4/c13-9-3-8(4-10(14)6-9)7-1-2-11(15)12(16)5-7/h1-6,13-16H. The maximum atomic E-state index is 9.33. The van der Waals surface area contributed by atoms with Gasteiger partial charge in [0.2, 0.25) is 0 Å². The highest BCUT2D eigenvalue weighted by Gasteiger charge is 2.05. The molecular formula is C12H10O4. The zero-order chi connectivity index (χ0) is 11.7. The topological polar surface area (TPSA) is 80.9 Å². The van der Waals surface area contributed by atoms with Crippen LogP contribution in [0.5, 0.6) is 23.0 Å². The molecule has 0 unspecified atom stereocenters. The molecule has 82 valence electrons. The zero-order valence-corrected chi connectivity index (χ0v) is 8.25. The van der Waals surface area contributed by atoms with Gasteiger partial charge in [-0.15, -0.1) is 0 Å². The van der Waals surface area contributed by atoms with Crippen LogP contribution >= 0.6 is 0 Å². The fourth-order valence-electron chi connectivity index (χ4n) is 1.46. The van der Waals surface area contributed by atoms with E-state index in [1.807, 2.05) is 0 Å². The normalized spacial score (nSPS) is 10.2. The van der Waals surface area contributed by atoms with Crippen LogP contribution in [0.3, 0.4) is 0 Å². The lowest BCUT2D eigenvalue weighted by molar-refractivity contribution is 0.404. The molecule has 2 rings (SSSR count). The zero-order valence-electron chi connectivity index (χ0n) is 8.25. The Morgan fingerprint density at radius 2 is 1.19 bits per heavy atom. The maximum Gasteiger partial charge on any atom is 0.158 e. The molecule has 0 bridgehead atoms. The monoisotopic (exact) mass is 218 g/mol. The van der Waals surface area contributed by atoms with Gasteiger partial charge in [0.25, 0.3) is 0 Å². The van der Waals surface area contributed by atoms with Gasteiger partial charge in [-0.25, -0.2) is 0 Å². The van der Waals surface area contributed by atoms with Crippen molar-refractivity contribution in [1.29, 1.82) is 0 Å². The quantitative estimate of drug-likeness (QED) is 0.553. The summed E-state index contributed by atoms with van der Waals surface area (Å²) in [5, 5.41) is 37.1. The van der Waals surface area contributed by atoms with E-state index in [4.69, 9.17) is 5.11 Å². The number of aromatic hydroxyl groups is 4. The summed E-state index contributed by atoms with van der Waals surface area (Å²) in [6, 6.07) is 8.37. The van der Waals surface area contributed by atoms with Crippen molar-refractivity contribution < 1.29 is 20.4 Å². The molecule has 0 saturated heterocycles. The first-order valence-electron chi connectivity index (χ1n) is 4.61. The Morgan fingerprint density at radius 3 is 1.75 bits per heavy atom. The first-order chi connectivity index (χ1) is 7.56. The minimum Gasteiger partial charge on any atom is -0.508 e. The summed E-state index contributed by atoms with van der Waals surface area (Å²) in [5.41, 5.74) is 1.13. The molecule has 0 radical (unpaired) electrons. The Hall–Kier alpha value is -2.36. The van der Waals surface area contributed by atoms with Gasteiger partial charge in [0.05, 0.1) is 0 Å². The molecule has 0 aliphatic heterocycles. The van der Waals surface area contributed by atoms with Crippen LogP contribution in [0.4, 0.5) is 0 Å². The first kappa shape index (κ1) is 10.2. The smallest absolute Gasteiger partial charge is 0.158 e. The second kappa shape index (κ2) is 3.66. The van der Waals surface area contributed by atoms with Crippen LogP contribution in [-0.4, -0.2) is 20.4 Å². The molecule has 4 heteroatoms. The van der Waals surface area contributed by atoms with Crippen LogP contribution in [0, 0.1) is 0 Å². The van der Waals surface area contributed by atoms with Gasteiger partial charge in [-0.1, -0.05) is 6.07 Å². The molecule has 0 aliphatic carbocycles. The van der Waals surface area contributed by atoms with Gasteiger partial charge in [0, 0.05) is 6.07 Å². The Labute approximate surface area is 91.7 Å². The fourth-order valence-corrected chi connectivity index (χ4v) is 1.46. The molecule has 2 aromatic rings. The number of benzene rings is 2. The minimum absolute atomic E-state index is 0.0671. The Balaban J connectivity index is 2.54. The molecule has 0 saturated carbocycles. The predicted molar refractivity (Wildman–Crippen MR) is 58.5 cm³/mol. The van der Waals surface area contributed by atoms with E-state index in [0.717, 1.165) is 0 Å². The van der Waals surface area contributed by atoms with E-state index in [-0.39, 0.29) is 23.0 Å². The number of phenols is 4. The fraction of sp³-hybridized carbons (Fsp3) is 0. The molecule has 0 spiro atoms. The molecule has 0 heterocycles. The lowest BCUT2D eigenvalue weighted by Crippen LogP contribution is -1.78. The lowest BCUT2D eigenvalue weighted by atomic mass is 10.0. The number of phenolic OH excluding ortho intramolecular Hbond substituents is 4. The minimum atomic E-state index is -0.250. The van der Waals surface area contributed by atoms with E-state index in [1.54, 1.807) is 6.07 Å². The summed E-state index contributed by atoms with van der Waals surface area (Å²) in [6.07, 6.45) is 0. The Bertz CT molecular complexity index is 514. The SMILES string of the molecule is Oc1cc(O)cc(-c2ccc(O)c(O)c2)c1. The van der Waals surface area contributed by atoms with Gasteiger partial charge in [-0.2, -0.15) is 0 Å². The molecule has 0 aliphatic rings. The van der Waals surface area contributed by atoms with E-state index in [0.29, 0.717) is 11.1 Å². The highest BCUT2D eigenvalue weighted by Crippen LogP contribution is 2.33. The summed E-state index contributed by atoms with van der Waals surface area (Å²) in [4.78, 5) is 0. The predicted octanol–water partition coefficient (Wildman–Crippen LogP) is 2.18. The molecule has 4 N–H and O–H groups in total. The van der Waals surface area contributed by atoms with Gasteiger partial charge < -0.3 is 20.4 Å². The van der Waals surface area contributed by atoms with Crippen LogP contribution in [0.25, 0.3) is 11.1 Å². The number of rotatable bonds is 1. The van der Waals surface area contributed by atoms with E-state index in [9.17, 15) is 15.3 Å². The summed E-state index contributed by atoms with van der Waals surface area (Å²) in [7, 11) is 0. The summed E-state index contributed by atoms with van der Waals surface area (Å²) in [6.45, 7) is 0. The van der Waals surface area contributed by atoms with Crippen LogP contribution in [0.2, 0.25) is 0 Å². The van der Waals surface area contributed by atoms with Crippen molar-refractivity contribution in [3.8, 4) is 34.1 Å². The summed E-state index contributed by atoms with van der Waals surface area (Å²) < 4.78 is 0. The van der Waals surface area contributed by atoms with E-state index in [1.165, 1.54) is 30.3 Å². The van der Waals surface area contributed by atoms with Gasteiger partial charge in [0.15, 0.2) is 11.5 Å². The van der Waals surface area contributed by atoms with Crippen LogP contribution in [-0.2, 0) is 0 Å². The largest absolute Gasteiger partial charge is 0.508 e. The van der Waals surface area contributed by atoms with E-state index >= 15 is 0 Å². The van der Waals surface area contributed by atoms with Crippen molar-refractivity contribution in [1.82, 2.24) is 0 Å². The molecule has 0 aromatic heterocycles. The van der Waals surface area contributed by atoms with E-state index < -0.39 is 0 Å². The van der Waals surface area contributed by atoms with Gasteiger partial charge in [-0.3, -0.25) is 0 Å².